The fourth-order valence-electron chi connectivity index (χ4n) is 4.22. The zero-order chi connectivity index (χ0) is 18.7. The van der Waals surface area contributed by atoms with Gasteiger partial charge in [-0.3, -0.25) is 4.79 Å². The van der Waals surface area contributed by atoms with Gasteiger partial charge in [0.15, 0.2) is 11.5 Å². The minimum atomic E-state index is -0.484. The molecule has 3 N–H and O–H groups in total. The van der Waals surface area contributed by atoms with Crippen molar-refractivity contribution in [1.82, 2.24) is 5.32 Å². The van der Waals surface area contributed by atoms with E-state index >= 15 is 0 Å². The summed E-state index contributed by atoms with van der Waals surface area (Å²) in [4.78, 5) is 12.7. The molecule has 0 radical (unpaired) electrons. The maximum atomic E-state index is 12.7. The second-order valence-electron chi connectivity index (χ2n) is 7.65. The summed E-state index contributed by atoms with van der Waals surface area (Å²) in [7, 11) is 0. The Balaban J connectivity index is 1.46. The highest BCUT2D eigenvalue weighted by atomic mass is 16.7. The van der Waals surface area contributed by atoms with Crippen LogP contribution in [0.1, 0.15) is 31.2 Å². The molecule has 2 saturated heterocycles. The van der Waals surface area contributed by atoms with Crippen molar-refractivity contribution in [2.45, 2.75) is 37.1 Å². The molecule has 0 saturated carbocycles. The van der Waals surface area contributed by atoms with E-state index in [1.807, 2.05) is 12.1 Å². The molecule has 0 aromatic heterocycles. The second-order valence-corrected chi connectivity index (χ2v) is 7.65. The normalized spacial score (nSPS) is 23.0. The molecule has 148 valence electrons. The number of amides is 1. The Morgan fingerprint density at radius 2 is 1.81 bits per heavy atom. The Morgan fingerprint density at radius 1 is 1.11 bits per heavy atom. The number of rotatable bonds is 5. The average Bonchev–Trinajstić information content (AvgIpc) is 3.21. The van der Waals surface area contributed by atoms with Crippen molar-refractivity contribution in [1.29, 1.82) is 0 Å². The molecule has 1 atom stereocenters. The lowest BCUT2D eigenvalue weighted by Gasteiger charge is -2.38. The maximum Gasteiger partial charge on any atom is 0.237 e. The van der Waals surface area contributed by atoms with Gasteiger partial charge < -0.3 is 30.0 Å². The molecule has 1 aromatic carbocycles. The number of fused-ring (bicyclic) bond motifs is 1. The Bertz CT molecular complexity index is 668. The molecular weight excluding hydrogens is 348 g/mol. The fraction of sp³-hybridized carbons (Fsp3) is 0.650. The standard InChI is InChI=1S/C20H28N2O5/c21-18(14-3-7-24-8-4-14)19(23)22-12-20(5-9-25-10-6-20)15-1-2-16-17(11-15)27-13-26-16/h1-2,11,14,18H,3-10,12-13,21H2,(H,22,23). The molecule has 0 spiro atoms. The van der Waals surface area contributed by atoms with Crippen molar-refractivity contribution >= 4 is 5.91 Å². The summed E-state index contributed by atoms with van der Waals surface area (Å²) in [6, 6.07) is 5.58. The zero-order valence-electron chi connectivity index (χ0n) is 15.6. The summed E-state index contributed by atoms with van der Waals surface area (Å²) in [5.74, 6) is 1.65. The monoisotopic (exact) mass is 376 g/mol. The smallest absolute Gasteiger partial charge is 0.237 e. The number of hydrogen-bond donors (Lipinski definition) is 2. The number of ether oxygens (including phenoxy) is 4. The van der Waals surface area contributed by atoms with Gasteiger partial charge in [-0.25, -0.2) is 0 Å². The highest BCUT2D eigenvalue weighted by Gasteiger charge is 2.37. The number of nitrogens with two attached hydrogens (primary N) is 1. The number of nitrogens with one attached hydrogen (secondary N) is 1. The van der Waals surface area contributed by atoms with Crippen molar-refractivity contribution in [3.63, 3.8) is 0 Å². The van der Waals surface area contributed by atoms with Gasteiger partial charge in [-0.2, -0.15) is 0 Å². The summed E-state index contributed by atoms with van der Waals surface area (Å²) in [5, 5.41) is 3.12. The number of carbonyl (C=O) groups excluding carboxylic acids is 1. The van der Waals surface area contributed by atoms with Crippen LogP contribution >= 0.6 is 0 Å². The van der Waals surface area contributed by atoms with Gasteiger partial charge in [0.1, 0.15) is 0 Å². The summed E-state index contributed by atoms with van der Waals surface area (Å²) in [5.41, 5.74) is 7.21. The highest BCUT2D eigenvalue weighted by molar-refractivity contribution is 5.82. The molecule has 3 heterocycles. The van der Waals surface area contributed by atoms with Crippen LogP contribution in [0.5, 0.6) is 11.5 Å². The average molecular weight is 376 g/mol. The summed E-state index contributed by atoms with van der Waals surface area (Å²) < 4.78 is 21.9. The molecule has 0 bridgehead atoms. The van der Waals surface area contributed by atoms with E-state index in [1.165, 1.54) is 0 Å². The van der Waals surface area contributed by atoms with E-state index in [1.54, 1.807) is 0 Å². The van der Waals surface area contributed by atoms with E-state index in [2.05, 4.69) is 11.4 Å². The number of carbonyl (C=O) groups is 1. The van der Waals surface area contributed by atoms with Gasteiger partial charge in [-0.05, 0) is 49.3 Å². The summed E-state index contributed by atoms with van der Waals surface area (Å²) >= 11 is 0. The molecule has 7 nitrogen and oxygen atoms in total. The van der Waals surface area contributed by atoms with Crippen LogP contribution < -0.4 is 20.5 Å². The lowest BCUT2D eigenvalue weighted by molar-refractivity contribution is -0.124. The first kappa shape index (κ1) is 18.5. The lowest BCUT2D eigenvalue weighted by atomic mass is 9.74. The van der Waals surface area contributed by atoms with Crippen LogP contribution in [0.25, 0.3) is 0 Å². The molecule has 0 aliphatic carbocycles. The first-order chi connectivity index (χ1) is 13.2. The van der Waals surface area contributed by atoms with Crippen LogP contribution in [-0.4, -0.2) is 51.7 Å². The molecule has 3 aliphatic rings. The van der Waals surface area contributed by atoms with Crippen LogP contribution in [0.2, 0.25) is 0 Å². The second kappa shape index (κ2) is 8.04. The van der Waals surface area contributed by atoms with E-state index in [0.29, 0.717) is 33.0 Å². The Kier molecular flexibility index (Phi) is 5.52. The number of benzene rings is 1. The number of hydrogen-bond acceptors (Lipinski definition) is 6. The van der Waals surface area contributed by atoms with Crippen molar-refractivity contribution in [2.75, 3.05) is 39.8 Å². The van der Waals surface area contributed by atoms with Crippen molar-refractivity contribution in [2.24, 2.45) is 11.7 Å². The van der Waals surface area contributed by atoms with Crippen LogP contribution in [0.3, 0.4) is 0 Å². The predicted molar refractivity (Wildman–Crippen MR) is 98.8 cm³/mol. The third kappa shape index (κ3) is 3.90. The molecule has 4 rings (SSSR count). The van der Waals surface area contributed by atoms with Gasteiger partial charge in [0, 0.05) is 38.4 Å². The van der Waals surface area contributed by atoms with Gasteiger partial charge in [0.25, 0.3) is 0 Å². The first-order valence-electron chi connectivity index (χ1n) is 9.77. The quantitative estimate of drug-likeness (QED) is 0.806. The molecule has 3 aliphatic heterocycles. The molecule has 2 fully saturated rings. The third-order valence-corrected chi connectivity index (χ3v) is 6.11. The molecule has 1 aromatic rings. The largest absolute Gasteiger partial charge is 0.454 e. The minimum absolute atomic E-state index is 0.0755. The van der Waals surface area contributed by atoms with Gasteiger partial charge in [-0.15, -0.1) is 0 Å². The van der Waals surface area contributed by atoms with Gasteiger partial charge in [0.2, 0.25) is 12.7 Å². The van der Waals surface area contributed by atoms with Gasteiger partial charge >= 0.3 is 0 Å². The van der Waals surface area contributed by atoms with Gasteiger partial charge in [-0.1, -0.05) is 6.07 Å². The van der Waals surface area contributed by atoms with E-state index in [0.717, 1.165) is 42.7 Å². The zero-order valence-corrected chi connectivity index (χ0v) is 15.6. The van der Waals surface area contributed by atoms with Crippen LogP contribution in [0.15, 0.2) is 18.2 Å². The fourth-order valence-corrected chi connectivity index (χ4v) is 4.22. The Morgan fingerprint density at radius 3 is 2.59 bits per heavy atom. The van der Waals surface area contributed by atoms with Crippen LogP contribution in [0.4, 0.5) is 0 Å². The molecule has 27 heavy (non-hydrogen) atoms. The van der Waals surface area contributed by atoms with E-state index in [9.17, 15) is 4.79 Å². The topological polar surface area (TPSA) is 92.0 Å². The minimum Gasteiger partial charge on any atom is -0.454 e. The summed E-state index contributed by atoms with van der Waals surface area (Å²) in [6.45, 7) is 3.53. The van der Waals surface area contributed by atoms with Crippen LogP contribution in [-0.2, 0) is 19.7 Å². The highest BCUT2D eigenvalue weighted by Crippen LogP contribution is 2.40. The van der Waals surface area contributed by atoms with Crippen LogP contribution in [0, 0.1) is 5.92 Å². The van der Waals surface area contributed by atoms with Gasteiger partial charge in [0.05, 0.1) is 6.04 Å². The summed E-state index contributed by atoms with van der Waals surface area (Å²) in [6.07, 6.45) is 3.38. The molecule has 7 heteroatoms. The van der Waals surface area contributed by atoms with Crippen molar-refractivity contribution in [3.05, 3.63) is 23.8 Å². The maximum absolute atomic E-state index is 12.7. The molecule has 1 unspecified atom stereocenters. The molecule has 1 amide bonds. The van der Waals surface area contributed by atoms with E-state index in [-0.39, 0.29) is 24.0 Å². The molecular formula is C20H28N2O5. The SMILES string of the molecule is NC(C(=O)NCC1(c2ccc3c(c2)OCO3)CCOCC1)C1CCOCC1. The van der Waals surface area contributed by atoms with Crippen molar-refractivity contribution < 1.29 is 23.7 Å². The predicted octanol–water partition coefficient (Wildman–Crippen LogP) is 1.33. The van der Waals surface area contributed by atoms with Crippen molar-refractivity contribution in [3.8, 4) is 11.5 Å². The van der Waals surface area contributed by atoms with E-state index in [4.69, 9.17) is 24.7 Å². The first-order valence-corrected chi connectivity index (χ1v) is 9.77. The lowest BCUT2D eigenvalue weighted by Crippen LogP contribution is -2.51. The Hall–Kier alpha value is -1.83. The third-order valence-electron chi connectivity index (χ3n) is 6.11. The Labute approximate surface area is 159 Å². The van der Waals surface area contributed by atoms with E-state index < -0.39 is 6.04 Å².